The number of aryl methyl sites for hydroxylation is 2. The maximum Gasteiger partial charge on any atom is 0.137 e. The third-order valence-corrected chi connectivity index (χ3v) is 3.24. The zero-order valence-electron chi connectivity index (χ0n) is 12.3. The number of aliphatic hydroxyl groups is 1. The number of aliphatic hydroxyl groups excluding tert-OH is 1. The van der Waals surface area contributed by atoms with Gasteiger partial charge in [0.2, 0.25) is 0 Å². The van der Waals surface area contributed by atoms with Crippen molar-refractivity contribution in [3.05, 3.63) is 58.9 Å². The van der Waals surface area contributed by atoms with Crippen molar-refractivity contribution in [1.82, 2.24) is 4.98 Å². The number of ether oxygens (including phenoxy) is 1. The van der Waals surface area contributed by atoms with Gasteiger partial charge in [-0.15, -0.1) is 0 Å². The van der Waals surface area contributed by atoms with Gasteiger partial charge in [0.05, 0.1) is 12.8 Å². The minimum Gasteiger partial charge on any atom is -0.492 e. The van der Waals surface area contributed by atoms with Crippen molar-refractivity contribution >= 4 is 0 Å². The molecule has 0 amide bonds. The summed E-state index contributed by atoms with van der Waals surface area (Å²) in [6.45, 7) is 6.77. The molecule has 3 nitrogen and oxygen atoms in total. The van der Waals surface area contributed by atoms with Gasteiger partial charge in [0.25, 0.3) is 0 Å². The minimum absolute atomic E-state index is 0.658. The predicted molar refractivity (Wildman–Crippen MR) is 80.0 cm³/mol. The van der Waals surface area contributed by atoms with E-state index >= 15 is 0 Å². The SMILES string of the molecule is CCCOc1cncc(C(O)c2ccc(C)cc2C)c1. The van der Waals surface area contributed by atoms with Gasteiger partial charge in [0, 0.05) is 11.8 Å². The first kappa shape index (κ1) is 14.5. The zero-order valence-corrected chi connectivity index (χ0v) is 12.3. The molecule has 0 aliphatic heterocycles. The number of hydrogen-bond acceptors (Lipinski definition) is 3. The van der Waals surface area contributed by atoms with Gasteiger partial charge in [-0.05, 0) is 37.5 Å². The topological polar surface area (TPSA) is 42.4 Å². The third kappa shape index (κ3) is 3.36. The lowest BCUT2D eigenvalue weighted by molar-refractivity contribution is 0.218. The van der Waals surface area contributed by atoms with Gasteiger partial charge in [-0.25, -0.2) is 0 Å². The van der Waals surface area contributed by atoms with Crippen LogP contribution in [0.2, 0.25) is 0 Å². The van der Waals surface area contributed by atoms with Gasteiger partial charge < -0.3 is 9.84 Å². The summed E-state index contributed by atoms with van der Waals surface area (Å²) < 4.78 is 5.56. The molecule has 106 valence electrons. The van der Waals surface area contributed by atoms with Crippen LogP contribution in [-0.4, -0.2) is 16.7 Å². The number of hydrogen-bond donors (Lipinski definition) is 1. The van der Waals surface area contributed by atoms with E-state index in [0.29, 0.717) is 12.4 Å². The first-order valence-electron chi connectivity index (χ1n) is 6.94. The minimum atomic E-state index is -0.673. The van der Waals surface area contributed by atoms with Crippen LogP contribution in [0, 0.1) is 13.8 Å². The van der Waals surface area contributed by atoms with Crippen LogP contribution in [0.1, 0.15) is 41.7 Å². The molecule has 1 unspecified atom stereocenters. The molecule has 0 saturated carbocycles. The lowest BCUT2D eigenvalue weighted by Gasteiger charge is -2.15. The average molecular weight is 271 g/mol. The van der Waals surface area contributed by atoms with E-state index in [-0.39, 0.29) is 0 Å². The standard InChI is InChI=1S/C17H21NO2/c1-4-7-20-15-9-14(10-18-11-15)17(19)16-6-5-12(2)8-13(16)3/h5-6,8-11,17,19H,4,7H2,1-3H3. The molecule has 0 spiro atoms. The van der Waals surface area contributed by atoms with Gasteiger partial charge >= 0.3 is 0 Å². The Morgan fingerprint density at radius 1 is 1.20 bits per heavy atom. The molecular weight excluding hydrogens is 250 g/mol. The maximum absolute atomic E-state index is 10.5. The molecule has 0 aliphatic carbocycles. The Hall–Kier alpha value is -1.87. The summed E-state index contributed by atoms with van der Waals surface area (Å²) in [5.41, 5.74) is 3.93. The molecule has 20 heavy (non-hydrogen) atoms. The molecule has 1 N–H and O–H groups in total. The van der Waals surface area contributed by atoms with Crippen LogP contribution in [-0.2, 0) is 0 Å². The molecule has 0 fully saturated rings. The van der Waals surface area contributed by atoms with Crippen molar-refractivity contribution in [1.29, 1.82) is 0 Å². The number of pyridine rings is 1. The quantitative estimate of drug-likeness (QED) is 0.904. The van der Waals surface area contributed by atoms with E-state index in [2.05, 4.69) is 18.0 Å². The van der Waals surface area contributed by atoms with Gasteiger partial charge in [-0.2, -0.15) is 0 Å². The summed E-state index contributed by atoms with van der Waals surface area (Å²) in [5, 5.41) is 10.5. The lowest BCUT2D eigenvalue weighted by Crippen LogP contribution is -2.04. The summed E-state index contributed by atoms with van der Waals surface area (Å²) in [4.78, 5) is 4.15. The Labute approximate surface area is 120 Å². The van der Waals surface area contributed by atoms with Crippen LogP contribution >= 0.6 is 0 Å². The monoisotopic (exact) mass is 271 g/mol. The highest BCUT2D eigenvalue weighted by Crippen LogP contribution is 2.27. The van der Waals surface area contributed by atoms with Crippen molar-refractivity contribution in [2.45, 2.75) is 33.3 Å². The fourth-order valence-electron chi connectivity index (χ4n) is 2.20. The molecule has 0 aliphatic rings. The van der Waals surface area contributed by atoms with E-state index in [9.17, 15) is 5.11 Å². The smallest absolute Gasteiger partial charge is 0.137 e. The molecule has 1 aromatic carbocycles. The second-order valence-electron chi connectivity index (χ2n) is 5.07. The van der Waals surface area contributed by atoms with Crippen molar-refractivity contribution in [3.8, 4) is 5.75 Å². The first-order valence-corrected chi connectivity index (χ1v) is 6.94. The maximum atomic E-state index is 10.5. The van der Waals surface area contributed by atoms with Gasteiger partial charge in [-0.3, -0.25) is 4.98 Å². The predicted octanol–water partition coefficient (Wildman–Crippen LogP) is 3.57. The van der Waals surface area contributed by atoms with E-state index in [4.69, 9.17) is 4.74 Å². The second kappa shape index (κ2) is 6.53. The highest BCUT2D eigenvalue weighted by molar-refractivity contribution is 5.38. The van der Waals surface area contributed by atoms with E-state index < -0.39 is 6.10 Å². The number of rotatable bonds is 5. The van der Waals surface area contributed by atoms with Gasteiger partial charge in [-0.1, -0.05) is 30.7 Å². The Bertz CT molecular complexity index is 581. The summed E-state index contributed by atoms with van der Waals surface area (Å²) in [5.74, 6) is 0.702. The van der Waals surface area contributed by atoms with Crippen molar-refractivity contribution in [3.63, 3.8) is 0 Å². The van der Waals surface area contributed by atoms with Gasteiger partial charge in [0.1, 0.15) is 11.9 Å². The third-order valence-electron chi connectivity index (χ3n) is 3.24. The molecule has 1 aromatic heterocycles. The normalized spacial score (nSPS) is 12.2. The Kier molecular flexibility index (Phi) is 4.74. The molecule has 0 bridgehead atoms. The Morgan fingerprint density at radius 3 is 2.70 bits per heavy atom. The Morgan fingerprint density at radius 2 is 2.00 bits per heavy atom. The summed E-state index contributed by atoms with van der Waals surface area (Å²) in [6.07, 6.45) is 3.63. The van der Waals surface area contributed by atoms with Crippen LogP contribution in [0.4, 0.5) is 0 Å². The van der Waals surface area contributed by atoms with Crippen molar-refractivity contribution < 1.29 is 9.84 Å². The van der Waals surface area contributed by atoms with Crippen LogP contribution in [0.15, 0.2) is 36.7 Å². The van der Waals surface area contributed by atoms with E-state index in [1.54, 1.807) is 12.4 Å². The number of aromatic nitrogens is 1. The number of benzene rings is 1. The van der Waals surface area contributed by atoms with E-state index in [1.807, 2.05) is 32.0 Å². The Balaban J connectivity index is 2.26. The highest BCUT2D eigenvalue weighted by Gasteiger charge is 2.14. The fraction of sp³-hybridized carbons (Fsp3) is 0.353. The zero-order chi connectivity index (χ0) is 14.5. The van der Waals surface area contributed by atoms with Gasteiger partial charge in [0.15, 0.2) is 0 Å². The van der Waals surface area contributed by atoms with E-state index in [0.717, 1.165) is 23.1 Å². The van der Waals surface area contributed by atoms with Crippen LogP contribution in [0.5, 0.6) is 5.75 Å². The fourth-order valence-corrected chi connectivity index (χ4v) is 2.20. The summed E-state index contributed by atoms with van der Waals surface area (Å²) in [6, 6.07) is 7.90. The molecule has 1 atom stereocenters. The molecule has 2 rings (SSSR count). The largest absolute Gasteiger partial charge is 0.492 e. The molecule has 0 radical (unpaired) electrons. The highest BCUT2D eigenvalue weighted by atomic mass is 16.5. The second-order valence-corrected chi connectivity index (χ2v) is 5.07. The molecule has 1 heterocycles. The number of nitrogens with zero attached hydrogens (tertiary/aromatic N) is 1. The molecule has 0 saturated heterocycles. The summed E-state index contributed by atoms with van der Waals surface area (Å²) >= 11 is 0. The van der Waals surface area contributed by atoms with Crippen LogP contribution in [0.25, 0.3) is 0 Å². The average Bonchev–Trinajstić information content (AvgIpc) is 2.45. The molecular formula is C17H21NO2. The lowest BCUT2D eigenvalue weighted by atomic mass is 9.97. The molecule has 3 heteroatoms. The van der Waals surface area contributed by atoms with E-state index in [1.165, 1.54) is 5.56 Å². The summed E-state index contributed by atoms with van der Waals surface area (Å²) in [7, 11) is 0. The van der Waals surface area contributed by atoms with Crippen LogP contribution in [0.3, 0.4) is 0 Å². The van der Waals surface area contributed by atoms with Crippen molar-refractivity contribution in [2.24, 2.45) is 0 Å². The van der Waals surface area contributed by atoms with Crippen molar-refractivity contribution in [2.75, 3.05) is 6.61 Å². The molecule has 2 aromatic rings. The van der Waals surface area contributed by atoms with Crippen LogP contribution < -0.4 is 4.74 Å². The first-order chi connectivity index (χ1) is 9.61.